The lowest BCUT2D eigenvalue weighted by atomic mass is 9.95. The number of hydrogen-bond donors (Lipinski definition) is 0. The highest BCUT2D eigenvalue weighted by Crippen LogP contribution is 2.24. The number of allylic oxidation sites excluding steroid dienone is 3. The van der Waals surface area contributed by atoms with Gasteiger partial charge in [0, 0.05) is 26.6 Å². The summed E-state index contributed by atoms with van der Waals surface area (Å²) in [4.78, 5) is 19.2. The van der Waals surface area contributed by atoms with Crippen LogP contribution in [0.5, 0.6) is 0 Å². The number of carbonyl (C=O) groups excluding carboxylic acids is 1. The third-order valence-electron chi connectivity index (χ3n) is 4.53. The maximum absolute atomic E-state index is 12.5. The molecule has 1 atom stereocenters. The van der Waals surface area contributed by atoms with Crippen molar-refractivity contribution in [2.45, 2.75) is 19.3 Å². The van der Waals surface area contributed by atoms with Gasteiger partial charge in [-0.2, -0.15) is 0 Å². The van der Waals surface area contributed by atoms with Crippen LogP contribution in [0.25, 0.3) is 0 Å². The lowest BCUT2D eigenvalue weighted by Crippen LogP contribution is -2.34. The average molecular weight is 361 g/mol. The molecule has 2 aliphatic rings. The first kappa shape index (κ1) is 19.3. The van der Waals surface area contributed by atoms with Crippen LogP contribution in [0, 0.1) is 5.92 Å². The highest BCUT2D eigenvalue weighted by Gasteiger charge is 2.30. The van der Waals surface area contributed by atoms with Crippen molar-refractivity contribution in [2.75, 3.05) is 26.7 Å². The van der Waals surface area contributed by atoms with Gasteiger partial charge >= 0.3 is 5.97 Å². The van der Waals surface area contributed by atoms with E-state index in [4.69, 9.17) is 4.74 Å². The van der Waals surface area contributed by atoms with E-state index in [-0.39, 0.29) is 18.4 Å². The van der Waals surface area contributed by atoms with E-state index in [0.717, 1.165) is 30.9 Å². The molecule has 0 amide bonds. The first-order chi connectivity index (χ1) is 11.8. The van der Waals surface area contributed by atoms with Gasteiger partial charge in [0.25, 0.3) is 0 Å². The number of carbonyl (C=O) groups is 1. The summed E-state index contributed by atoms with van der Waals surface area (Å²) in [6.45, 7) is 2.47. The summed E-state index contributed by atoms with van der Waals surface area (Å²) in [6, 6.07) is 10.1. The summed E-state index contributed by atoms with van der Waals surface area (Å²) in [5.41, 5.74) is 3.07. The molecule has 25 heavy (non-hydrogen) atoms. The van der Waals surface area contributed by atoms with E-state index in [1.165, 1.54) is 18.4 Å². The molecule has 4 nitrogen and oxygen atoms in total. The van der Waals surface area contributed by atoms with Crippen LogP contribution in [0.3, 0.4) is 0 Å². The zero-order valence-corrected chi connectivity index (χ0v) is 15.4. The summed E-state index contributed by atoms with van der Waals surface area (Å²) in [7, 11) is 1.75. The monoisotopic (exact) mass is 360 g/mol. The number of halogens is 1. The van der Waals surface area contributed by atoms with Crippen molar-refractivity contribution in [1.82, 2.24) is 4.90 Å². The third kappa shape index (κ3) is 4.73. The van der Waals surface area contributed by atoms with Crippen LogP contribution in [0.4, 0.5) is 0 Å². The van der Waals surface area contributed by atoms with Crippen molar-refractivity contribution < 1.29 is 9.53 Å². The largest absolute Gasteiger partial charge is 0.465 e. The molecule has 0 bridgehead atoms. The Hall–Kier alpha value is -2.07. The van der Waals surface area contributed by atoms with Gasteiger partial charge in [0.15, 0.2) is 0 Å². The van der Waals surface area contributed by atoms with Crippen molar-refractivity contribution >= 4 is 24.1 Å². The average Bonchev–Trinajstić information content (AvgIpc) is 3.16. The fraction of sp³-hybridized carbons (Fsp3) is 0.400. The van der Waals surface area contributed by atoms with Gasteiger partial charge in [-0.1, -0.05) is 42.5 Å². The van der Waals surface area contributed by atoms with Crippen LogP contribution < -0.4 is 0 Å². The standard InChI is InChI=1S/C20H24N2O2.ClH/c1-21-19-17(10-7-11-18(19)22-13-5-6-14-22)20(23)24-15-12-16-8-3-2-4-9-16;/h2-4,7-11,17H,5-6,12-15H2,1H3;1H. The summed E-state index contributed by atoms with van der Waals surface area (Å²) in [5.74, 6) is -0.612. The maximum atomic E-state index is 12.5. The van der Waals surface area contributed by atoms with Crippen molar-refractivity contribution in [3.05, 3.63) is 59.8 Å². The highest BCUT2D eigenvalue weighted by atomic mass is 35.5. The van der Waals surface area contributed by atoms with Crippen LogP contribution in [-0.4, -0.2) is 43.3 Å². The quantitative estimate of drug-likeness (QED) is 0.755. The molecule has 134 valence electrons. The molecule has 1 heterocycles. The van der Waals surface area contributed by atoms with Crippen LogP contribution in [0.1, 0.15) is 18.4 Å². The van der Waals surface area contributed by atoms with E-state index < -0.39 is 5.92 Å². The number of ether oxygens (including phenoxy) is 1. The lowest BCUT2D eigenvalue weighted by molar-refractivity contribution is -0.144. The van der Waals surface area contributed by atoms with E-state index in [2.05, 4.69) is 16.0 Å². The SMILES string of the molecule is CN=C1C(N2CCCC2)=CC=CC1C(=O)OCCc1ccccc1.Cl. The summed E-state index contributed by atoms with van der Waals surface area (Å²) >= 11 is 0. The van der Waals surface area contributed by atoms with Crippen LogP contribution in [0.2, 0.25) is 0 Å². The van der Waals surface area contributed by atoms with Gasteiger partial charge in [-0.25, -0.2) is 0 Å². The number of esters is 1. The second kappa shape index (κ2) is 9.42. The molecule has 0 N–H and O–H groups in total. The fourth-order valence-corrected chi connectivity index (χ4v) is 3.27. The Morgan fingerprint density at radius 1 is 1.24 bits per heavy atom. The predicted molar refractivity (Wildman–Crippen MR) is 103 cm³/mol. The van der Waals surface area contributed by atoms with Gasteiger partial charge in [-0.3, -0.25) is 9.79 Å². The molecular weight excluding hydrogens is 336 g/mol. The number of nitrogens with zero attached hydrogens (tertiary/aromatic N) is 2. The first-order valence-electron chi connectivity index (χ1n) is 8.60. The van der Waals surface area contributed by atoms with E-state index in [1.54, 1.807) is 7.05 Å². The first-order valence-corrected chi connectivity index (χ1v) is 8.60. The number of aliphatic imine (C=N–C) groups is 1. The van der Waals surface area contributed by atoms with Gasteiger partial charge in [-0.15, -0.1) is 12.4 Å². The Kier molecular flexibility index (Phi) is 7.26. The molecule has 0 saturated carbocycles. The van der Waals surface area contributed by atoms with E-state index in [0.29, 0.717) is 6.61 Å². The van der Waals surface area contributed by atoms with Gasteiger partial charge in [-0.05, 0) is 24.5 Å². The Balaban J connectivity index is 0.00000225. The Morgan fingerprint density at radius 3 is 2.64 bits per heavy atom. The molecule has 1 aliphatic carbocycles. The molecule has 1 aliphatic heterocycles. The van der Waals surface area contributed by atoms with Crippen molar-refractivity contribution in [3.8, 4) is 0 Å². The summed E-state index contributed by atoms with van der Waals surface area (Å²) in [6.07, 6.45) is 9.02. The van der Waals surface area contributed by atoms with Crippen LogP contribution in [0.15, 0.2) is 59.2 Å². The molecule has 1 aromatic rings. The third-order valence-corrected chi connectivity index (χ3v) is 4.53. The zero-order valence-electron chi connectivity index (χ0n) is 14.6. The Bertz CT molecular complexity index is 662. The molecule has 0 spiro atoms. The van der Waals surface area contributed by atoms with E-state index in [1.807, 2.05) is 42.5 Å². The van der Waals surface area contributed by atoms with Crippen molar-refractivity contribution in [3.63, 3.8) is 0 Å². The van der Waals surface area contributed by atoms with Gasteiger partial charge in [0.1, 0.15) is 5.92 Å². The molecule has 5 heteroatoms. The maximum Gasteiger partial charge on any atom is 0.319 e. The summed E-state index contributed by atoms with van der Waals surface area (Å²) < 4.78 is 5.51. The minimum Gasteiger partial charge on any atom is -0.465 e. The van der Waals surface area contributed by atoms with Gasteiger partial charge < -0.3 is 9.64 Å². The normalized spacial score (nSPS) is 21.0. The molecular formula is C20H25ClN2O2. The molecule has 0 radical (unpaired) electrons. The number of hydrogen-bond acceptors (Lipinski definition) is 4. The topological polar surface area (TPSA) is 41.9 Å². The van der Waals surface area contributed by atoms with Crippen molar-refractivity contribution in [2.24, 2.45) is 10.9 Å². The number of rotatable bonds is 5. The molecule has 1 saturated heterocycles. The molecule has 1 unspecified atom stereocenters. The minimum absolute atomic E-state index is 0. The lowest BCUT2D eigenvalue weighted by Gasteiger charge is -2.27. The molecule has 1 fully saturated rings. The predicted octanol–water partition coefficient (Wildman–Crippen LogP) is 3.43. The van der Waals surface area contributed by atoms with Crippen LogP contribution in [-0.2, 0) is 16.0 Å². The zero-order chi connectivity index (χ0) is 16.8. The molecule has 1 aromatic carbocycles. The van der Waals surface area contributed by atoms with Crippen LogP contribution >= 0.6 is 12.4 Å². The van der Waals surface area contributed by atoms with E-state index >= 15 is 0 Å². The minimum atomic E-state index is -0.397. The smallest absolute Gasteiger partial charge is 0.319 e. The molecule has 0 aromatic heterocycles. The molecule has 3 rings (SSSR count). The van der Waals surface area contributed by atoms with Gasteiger partial charge in [0.2, 0.25) is 0 Å². The number of likely N-dealkylation sites (tertiary alicyclic amines) is 1. The second-order valence-corrected chi connectivity index (χ2v) is 6.12. The van der Waals surface area contributed by atoms with Gasteiger partial charge in [0.05, 0.1) is 18.0 Å². The fourth-order valence-electron chi connectivity index (χ4n) is 3.27. The van der Waals surface area contributed by atoms with Crippen molar-refractivity contribution in [1.29, 1.82) is 0 Å². The van der Waals surface area contributed by atoms with E-state index in [9.17, 15) is 4.79 Å². The number of benzene rings is 1. The second-order valence-electron chi connectivity index (χ2n) is 6.12. The highest BCUT2D eigenvalue weighted by molar-refractivity contribution is 6.13. The summed E-state index contributed by atoms with van der Waals surface area (Å²) in [5, 5.41) is 0. The Labute approximate surface area is 155 Å². The Morgan fingerprint density at radius 2 is 1.96 bits per heavy atom.